The molecule has 2 aromatic carbocycles. The topological polar surface area (TPSA) is 38.8 Å². The number of carbonyl (C=O) groups is 1. The van der Waals surface area contributed by atoms with Gasteiger partial charge in [-0.05, 0) is 35.4 Å². The third-order valence-electron chi connectivity index (χ3n) is 4.18. The molecule has 1 amide bonds. The zero-order valence-corrected chi connectivity index (χ0v) is 14.3. The van der Waals surface area contributed by atoms with Gasteiger partial charge >= 0.3 is 0 Å². The summed E-state index contributed by atoms with van der Waals surface area (Å²) in [7, 11) is 1.64. The highest BCUT2D eigenvalue weighted by Crippen LogP contribution is 2.24. The molecular formula is C19H20ClNO3. The van der Waals surface area contributed by atoms with Gasteiger partial charge in [-0.1, -0.05) is 35.9 Å². The lowest BCUT2D eigenvalue weighted by Crippen LogP contribution is -2.42. The molecule has 1 aliphatic rings. The van der Waals surface area contributed by atoms with Gasteiger partial charge in [0.15, 0.2) is 0 Å². The number of halogens is 1. The van der Waals surface area contributed by atoms with E-state index in [1.165, 1.54) is 0 Å². The summed E-state index contributed by atoms with van der Waals surface area (Å²) in [5.41, 5.74) is 2.02. The van der Waals surface area contributed by atoms with E-state index in [-0.39, 0.29) is 12.0 Å². The minimum Gasteiger partial charge on any atom is -0.497 e. The van der Waals surface area contributed by atoms with Gasteiger partial charge in [-0.3, -0.25) is 4.79 Å². The lowest BCUT2D eigenvalue weighted by atomic mass is 10.1. The molecule has 5 heteroatoms. The van der Waals surface area contributed by atoms with Crippen molar-refractivity contribution < 1.29 is 14.3 Å². The predicted octanol–water partition coefficient (Wildman–Crippen LogP) is 3.49. The fourth-order valence-electron chi connectivity index (χ4n) is 2.78. The Labute approximate surface area is 146 Å². The van der Waals surface area contributed by atoms with E-state index in [0.717, 1.165) is 16.9 Å². The van der Waals surface area contributed by atoms with Crippen LogP contribution >= 0.6 is 11.6 Å². The summed E-state index contributed by atoms with van der Waals surface area (Å²) in [5, 5.41) is 0.678. The second kappa shape index (κ2) is 7.69. The SMILES string of the molecule is COc1ccc(C2CN(C(=O)Cc3ccc(Cl)cc3)CCO2)cc1. The third kappa shape index (κ3) is 4.08. The maximum absolute atomic E-state index is 12.5. The molecule has 0 saturated carbocycles. The minimum absolute atomic E-state index is 0.0983. The van der Waals surface area contributed by atoms with Crippen LogP contribution in [-0.2, 0) is 16.0 Å². The van der Waals surface area contributed by atoms with E-state index in [1.54, 1.807) is 7.11 Å². The summed E-state index contributed by atoms with van der Waals surface area (Å²) >= 11 is 5.88. The number of nitrogens with zero attached hydrogens (tertiary/aromatic N) is 1. The largest absolute Gasteiger partial charge is 0.497 e. The second-order valence-corrected chi connectivity index (χ2v) is 6.21. The average Bonchev–Trinajstić information content (AvgIpc) is 2.64. The van der Waals surface area contributed by atoms with Crippen LogP contribution in [0.15, 0.2) is 48.5 Å². The Kier molecular flexibility index (Phi) is 5.38. The molecule has 1 fully saturated rings. The van der Waals surface area contributed by atoms with Crippen LogP contribution in [0.4, 0.5) is 0 Å². The number of ether oxygens (including phenoxy) is 2. The highest BCUT2D eigenvalue weighted by atomic mass is 35.5. The van der Waals surface area contributed by atoms with Crippen molar-refractivity contribution in [3.8, 4) is 5.75 Å². The molecule has 0 N–H and O–H groups in total. The van der Waals surface area contributed by atoms with Gasteiger partial charge in [-0.25, -0.2) is 0 Å². The maximum atomic E-state index is 12.5. The van der Waals surface area contributed by atoms with Crippen LogP contribution in [0.1, 0.15) is 17.2 Å². The van der Waals surface area contributed by atoms with Crippen molar-refractivity contribution in [2.24, 2.45) is 0 Å². The van der Waals surface area contributed by atoms with Crippen LogP contribution in [0.2, 0.25) is 5.02 Å². The Morgan fingerprint density at radius 1 is 1.21 bits per heavy atom. The first-order valence-corrected chi connectivity index (χ1v) is 8.31. The molecule has 0 spiro atoms. The van der Waals surface area contributed by atoms with E-state index >= 15 is 0 Å². The third-order valence-corrected chi connectivity index (χ3v) is 4.43. The van der Waals surface area contributed by atoms with Crippen molar-refractivity contribution >= 4 is 17.5 Å². The van der Waals surface area contributed by atoms with E-state index in [0.29, 0.717) is 31.1 Å². The monoisotopic (exact) mass is 345 g/mol. The molecule has 1 aliphatic heterocycles. The summed E-state index contributed by atoms with van der Waals surface area (Å²) < 4.78 is 11.0. The number of morpholine rings is 1. The second-order valence-electron chi connectivity index (χ2n) is 5.78. The molecule has 0 radical (unpaired) electrons. The fraction of sp³-hybridized carbons (Fsp3) is 0.316. The van der Waals surface area contributed by atoms with Crippen LogP contribution in [0.25, 0.3) is 0 Å². The number of carbonyl (C=O) groups excluding carboxylic acids is 1. The predicted molar refractivity (Wildman–Crippen MR) is 93.4 cm³/mol. The summed E-state index contributed by atoms with van der Waals surface area (Å²) in [6, 6.07) is 15.2. The summed E-state index contributed by atoms with van der Waals surface area (Å²) in [6.45, 7) is 1.74. The fourth-order valence-corrected chi connectivity index (χ4v) is 2.91. The quantitative estimate of drug-likeness (QED) is 0.851. The Morgan fingerprint density at radius 3 is 2.58 bits per heavy atom. The number of amides is 1. The van der Waals surface area contributed by atoms with E-state index in [1.807, 2.05) is 53.4 Å². The van der Waals surface area contributed by atoms with Crippen molar-refractivity contribution in [1.82, 2.24) is 4.90 Å². The van der Waals surface area contributed by atoms with Crippen LogP contribution in [0.5, 0.6) is 5.75 Å². The molecule has 3 rings (SSSR count). The molecule has 1 unspecified atom stereocenters. The number of rotatable bonds is 4. The average molecular weight is 346 g/mol. The molecule has 2 aromatic rings. The van der Waals surface area contributed by atoms with Gasteiger partial charge in [-0.15, -0.1) is 0 Å². The molecule has 0 bridgehead atoms. The number of hydrogen-bond donors (Lipinski definition) is 0. The van der Waals surface area contributed by atoms with Crippen molar-refractivity contribution in [3.63, 3.8) is 0 Å². The summed E-state index contributed by atoms with van der Waals surface area (Å²) in [4.78, 5) is 14.4. The first kappa shape index (κ1) is 16.8. The zero-order chi connectivity index (χ0) is 16.9. The number of benzene rings is 2. The Morgan fingerprint density at radius 2 is 1.92 bits per heavy atom. The van der Waals surface area contributed by atoms with Gasteiger partial charge in [0.2, 0.25) is 5.91 Å². The van der Waals surface area contributed by atoms with Crippen LogP contribution in [0.3, 0.4) is 0 Å². The van der Waals surface area contributed by atoms with Crippen molar-refractivity contribution in [1.29, 1.82) is 0 Å². The van der Waals surface area contributed by atoms with E-state index in [2.05, 4.69) is 0 Å². The first-order chi connectivity index (χ1) is 11.7. The minimum atomic E-state index is -0.0983. The van der Waals surface area contributed by atoms with Gasteiger partial charge in [0.05, 0.1) is 26.7 Å². The first-order valence-electron chi connectivity index (χ1n) is 7.93. The maximum Gasteiger partial charge on any atom is 0.227 e. The molecule has 0 aliphatic carbocycles. The number of methoxy groups -OCH3 is 1. The van der Waals surface area contributed by atoms with Crippen molar-refractivity contribution in [2.75, 3.05) is 26.8 Å². The van der Waals surface area contributed by atoms with Crippen LogP contribution in [-0.4, -0.2) is 37.6 Å². The van der Waals surface area contributed by atoms with Crippen molar-refractivity contribution in [2.45, 2.75) is 12.5 Å². The number of hydrogen-bond acceptors (Lipinski definition) is 3. The molecule has 24 heavy (non-hydrogen) atoms. The van der Waals surface area contributed by atoms with Gasteiger partial charge in [0.25, 0.3) is 0 Å². The summed E-state index contributed by atoms with van der Waals surface area (Å²) in [5.74, 6) is 0.921. The smallest absolute Gasteiger partial charge is 0.227 e. The molecule has 4 nitrogen and oxygen atoms in total. The molecule has 1 heterocycles. The van der Waals surface area contributed by atoms with Crippen LogP contribution < -0.4 is 4.74 Å². The van der Waals surface area contributed by atoms with E-state index in [9.17, 15) is 4.79 Å². The highest BCUT2D eigenvalue weighted by molar-refractivity contribution is 6.30. The molecular weight excluding hydrogens is 326 g/mol. The Balaban J connectivity index is 1.63. The van der Waals surface area contributed by atoms with E-state index < -0.39 is 0 Å². The van der Waals surface area contributed by atoms with Crippen molar-refractivity contribution in [3.05, 3.63) is 64.7 Å². The molecule has 1 atom stereocenters. The lowest BCUT2D eigenvalue weighted by Gasteiger charge is -2.33. The summed E-state index contributed by atoms with van der Waals surface area (Å²) in [6.07, 6.45) is 0.283. The Hall–Kier alpha value is -2.04. The van der Waals surface area contributed by atoms with Gasteiger partial charge in [0, 0.05) is 11.6 Å². The van der Waals surface area contributed by atoms with E-state index in [4.69, 9.17) is 21.1 Å². The Bertz CT molecular complexity index is 685. The zero-order valence-electron chi connectivity index (χ0n) is 13.6. The molecule has 1 saturated heterocycles. The van der Waals surface area contributed by atoms with Gasteiger partial charge in [0.1, 0.15) is 11.9 Å². The molecule has 0 aromatic heterocycles. The standard InChI is InChI=1S/C19H20ClNO3/c1-23-17-8-4-15(5-9-17)18-13-21(10-11-24-18)19(22)12-14-2-6-16(20)7-3-14/h2-9,18H,10-13H2,1H3. The van der Waals surface area contributed by atoms with Gasteiger partial charge in [-0.2, -0.15) is 0 Å². The molecule has 126 valence electrons. The highest BCUT2D eigenvalue weighted by Gasteiger charge is 2.25. The lowest BCUT2D eigenvalue weighted by molar-refractivity contribution is -0.138. The van der Waals surface area contributed by atoms with Crippen LogP contribution in [0, 0.1) is 0 Å². The normalized spacial score (nSPS) is 17.6. The van der Waals surface area contributed by atoms with Gasteiger partial charge < -0.3 is 14.4 Å².